The maximum absolute atomic E-state index is 15.0. The van der Waals surface area contributed by atoms with Crippen molar-refractivity contribution in [2.45, 2.75) is 57.4 Å². The average molecular weight is 471 g/mol. The number of carbonyl (C=O) groups excluding carboxylic acids is 1. The Balaban J connectivity index is 1.71. The molecule has 3 aliphatic rings. The van der Waals surface area contributed by atoms with Gasteiger partial charge in [-0.05, 0) is 30.5 Å². The summed E-state index contributed by atoms with van der Waals surface area (Å²) in [6.07, 6.45) is -0.714. The molecule has 1 aromatic carbocycles. The zero-order valence-electron chi connectivity index (χ0n) is 18.3. The fourth-order valence-electron chi connectivity index (χ4n) is 5.69. The highest BCUT2D eigenvalue weighted by Gasteiger charge is 2.47. The number of esters is 1. The lowest BCUT2D eigenvalue weighted by Crippen LogP contribution is -2.44. The van der Waals surface area contributed by atoms with Crippen LogP contribution in [0.2, 0.25) is 0 Å². The molecule has 2 atom stereocenters. The van der Waals surface area contributed by atoms with E-state index in [0.717, 1.165) is 6.07 Å². The fraction of sp³-hybridized carbons (Fsp3) is 0.375. The van der Waals surface area contributed by atoms with Gasteiger partial charge in [-0.15, -0.1) is 0 Å². The first kappa shape index (κ1) is 21.3. The number of rotatable bonds is 1. The minimum atomic E-state index is -3.33. The molecule has 0 bridgehead atoms. The first-order valence-electron chi connectivity index (χ1n) is 11.0. The van der Waals surface area contributed by atoms with Gasteiger partial charge in [0, 0.05) is 40.6 Å². The fourth-order valence-corrected chi connectivity index (χ4v) is 5.69. The summed E-state index contributed by atoms with van der Waals surface area (Å²) in [5, 5.41) is 11.1. The summed E-state index contributed by atoms with van der Waals surface area (Å²) >= 11 is 0. The number of nitrogens with two attached hydrogens (primary N) is 1. The van der Waals surface area contributed by atoms with Crippen molar-refractivity contribution in [3.8, 4) is 11.4 Å². The van der Waals surface area contributed by atoms with E-state index in [0.29, 0.717) is 22.5 Å². The Morgan fingerprint density at radius 2 is 2.03 bits per heavy atom. The number of fused-ring (bicyclic) bond motifs is 5. The summed E-state index contributed by atoms with van der Waals surface area (Å²) in [6, 6.07) is 1.57. The third kappa shape index (κ3) is 2.42. The van der Waals surface area contributed by atoms with Crippen LogP contribution in [0.1, 0.15) is 59.2 Å². The number of aliphatic hydroxyl groups is 1. The number of pyridine rings is 2. The lowest BCUT2D eigenvalue weighted by molar-refractivity contribution is -0.172. The van der Waals surface area contributed by atoms with Crippen LogP contribution in [0.3, 0.4) is 0 Å². The van der Waals surface area contributed by atoms with E-state index in [-0.39, 0.29) is 47.2 Å². The maximum Gasteiger partial charge on any atom is 0.343 e. The molecule has 34 heavy (non-hydrogen) atoms. The van der Waals surface area contributed by atoms with Gasteiger partial charge in [0.15, 0.2) is 5.60 Å². The van der Waals surface area contributed by atoms with E-state index in [4.69, 9.17) is 10.5 Å². The summed E-state index contributed by atoms with van der Waals surface area (Å²) in [6.45, 7) is 2.65. The second-order valence-electron chi connectivity index (χ2n) is 9.22. The summed E-state index contributed by atoms with van der Waals surface area (Å²) in [5.41, 5.74) is 5.03. The van der Waals surface area contributed by atoms with Gasteiger partial charge in [0.25, 0.3) is 11.5 Å². The Morgan fingerprint density at radius 3 is 2.74 bits per heavy atom. The predicted octanol–water partition coefficient (Wildman–Crippen LogP) is 3.02. The number of aromatic nitrogens is 2. The number of nitrogens with zero attached hydrogens (tertiary/aromatic N) is 2. The van der Waals surface area contributed by atoms with Gasteiger partial charge in [0.05, 0.1) is 29.0 Å². The number of halogens is 3. The van der Waals surface area contributed by atoms with Crippen LogP contribution in [0.4, 0.5) is 13.2 Å². The van der Waals surface area contributed by atoms with E-state index in [9.17, 15) is 27.9 Å². The largest absolute Gasteiger partial charge is 0.458 e. The van der Waals surface area contributed by atoms with E-state index < -0.39 is 46.9 Å². The highest BCUT2D eigenvalue weighted by Crippen LogP contribution is 2.51. The number of hydrogen-bond donors (Lipinski definition) is 2. The number of carbonyl (C=O) groups is 1. The molecule has 0 fully saturated rings. The summed E-state index contributed by atoms with van der Waals surface area (Å²) in [4.78, 5) is 30.2. The van der Waals surface area contributed by atoms with Gasteiger partial charge in [0.2, 0.25) is 0 Å². The third-order valence-electron chi connectivity index (χ3n) is 7.43. The molecule has 1 unspecified atom stereocenters. The molecular formula is C24H20F3N3O4. The number of alkyl halides is 2. The van der Waals surface area contributed by atoms with Gasteiger partial charge in [0.1, 0.15) is 12.4 Å². The number of benzene rings is 1. The topological polar surface area (TPSA) is 107 Å². The maximum atomic E-state index is 15.0. The Hall–Kier alpha value is -3.24. The molecule has 2 aliphatic heterocycles. The monoisotopic (exact) mass is 471 g/mol. The van der Waals surface area contributed by atoms with E-state index in [2.05, 4.69) is 4.98 Å². The van der Waals surface area contributed by atoms with Gasteiger partial charge < -0.3 is 20.1 Å². The van der Waals surface area contributed by atoms with E-state index in [1.807, 2.05) is 0 Å². The second-order valence-corrected chi connectivity index (χ2v) is 9.22. The number of ether oxygens (including phenoxy) is 1. The van der Waals surface area contributed by atoms with Crippen LogP contribution in [-0.2, 0) is 34.2 Å². The normalized spacial score (nSPS) is 24.0. The van der Waals surface area contributed by atoms with Crippen LogP contribution in [-0.4, -0.2) is 20.6 Å². The van der Waals surface area contributed by atoms with Crippen molar-refractivity contribution in [2.75, 3.05) is 0 Å². The Bertz CT molecular complexity index is 1530. The average Bonchev–Trinajstić information content (AvgIpc) is 3.13. The molecule has 7 nitrogen and oxygen atoms in total. The lowest BCUT2D eigenvalue weighted by Gasteiger charge is -2.32. The standard InChI is InChI=1S/C24H20F3N3O4/c1-3-23(33)12-4-16-20-10(7-30(16)21(31)11(12)8-34-22(23)32)17-14(28)6-24(26,27)19-9(2)13(25)5-15(29-20)18(17)19/h4-5,14,33H,3,6-8,28H2,1-2H3/t14?,23-/m0/s1. The molecule has 0 radical (unpaired) electrons. The highest BCUT2D eigenvalue weighted by molar-refractivity contribution is 5.93. The molecule has 0 amide bonds. The first-order valence-corrected chi connectivity index (χ1v) is 11.0. The molecule has 3 aromatic rings. The Morgan fingerprint density at radius 1 is 1.29 bits per heavy atom. The van der Waals surface area contributed by atoms with Gasteiger partial charge in [-0.25, -0.2) is 22.9 Å². The van der Waals surface area contributed by atoms with Crippen molar-refractivity contribution in [3.05, 3.63) is 61.7 Å². The third-order valence-corrected chi connectivity index (χ3v) is 7.43. The zero-order chi connectivity index (χ0) is 24.3. The molecule has 1 aliphatic carbocycles. The van der Waals surface area contributed by atoms with E-state index in [1.165, 1.54) is 17.6 Å². The highest BCUT2D eigenvalue weighted by atomic mass is 19.3. The Kier molecular flexibility index (Phi) is 4.04. The van der Waals surface area contributed by atoms with Gasteiger partial charge in [-0.2, -0.15) is 0 Å². The van der Waals surface area contributed by atoms with Gasteiger partial charge in [-0.3, -0.25) is 4.79 Å². The van der Waals surface area contributed by atoms with Crippen molar-refractivity contribution >= 4 is 16.9 Å². The van der Waals surface area contributed by atoms with Gasteiger partial charge >= 0.3 is 5.97 Å². The molecule has 0 saturated heterocycles. The molecular weight excluding hydrogens is 451 g/mol. The van der Waals surface area contributed by atoms with Crippen molar-refractivity contribution in [1.82, 2.24) is 9.55 Å². The quantitative estimate of drug-likeness (QED) is 0.414. The molecule has 2 aromatic heterocycles. The molecule has 10 heteroatoms. The molecule has 6 rings (SSSR count). The Labute approximate surface area is 191 Å². The van der Waals surface area contributed by atoms with E-state index in [1.54, 1.807) is 6.92 Å². The van der Waals surface area contributed by atoms with Crippen LogP contribution in [0.5, 0.6) is 0 Å². The smallest absolute Gasteiger partial charge is 0.343 e. The lowest BCUT2D eigenvalue weighted by atomic mass is 9.80. The molecule has 0 saturated carbocycles. The first-order chi connectivity index (χ1) is 16.0. The summed E-state index contributed by atoms with van der Waals surface area (Å²) < 4.78 is 51.1. The van der Waals surface area contributed by atoms with Crippen molar-refractivity contribution in [1.29, 1.82) is 0 Å². The molecule has 4 heterocycles. The van der Waals surface area contributed by atoms with Crippen molar-refractivity contribution < 1.29 is 27.8 Å². The van der Waals surface area contributed by atoms with Crippen LogP contribution in [0.15, 0.2) is 16.9 Å². The second kappa shape index (κ2) is 6.45. The predicted molar refractivity (Wildman–Crippen MR) is 115 cm³/mol. The van der Waals surface area contributed by atoms with Crippen molar-refractivity contribution in [2.24, 2.45) is 5.73 Å². The van der Waals surface area contributed by atoms with Crippen molar-refractivity contribution in [3.63, 3.8) is 0 Å². The van der Waals surface area contributed by atoms with Crippen LogP contribution in [0, 0.1) is 12.7 Å². The molecule has 176 valence electrons. The minimum Gasteiger partial charge on any atom is -0.458 e. The number of cyclic esters (lactones) is 1. The summed E-state index contributed by atoms with van der Waals surface area (Å²) in [7, 11) is 0. The van der Waals surface area contributed by atoms with E-state index >= 15 is 0 Å². The SMILES string of the molecule is CC[C@@]1(O)C(=O)OCc2c1cc1n(c2=O)Cc2c-1nc1cc(F)c(C)c3c1c2C(N)CC3(F)F. The zero-order valence-corrected chi connectivity index (χ0v) is 18.3. The van der Waals surface area contributed by atoms with Crippen LogP contribution < -0.4 is 11.3 Å². The summed E-state index contributed by atoms with van der Waals surface area (Å²) in [5.74, 6) is -4.98. The number of hydrogen-bond acceptors (Lipinski definition) is 6. The minimum absolute atomic E-state index is 0.0151. The van der Waals surface area contributed by atoms with Crippen LogP contribution in [0.25, 0.3) is 22.3 Å². The van der Waals surface area contributed by atoms with Crippen LogP contribution >= 0.6 is 0 Å². The molecule has 3 N–H and O–H groups in total. The van der Waals surface area contributed by atoms with Gasteiger partial charge in [-0.1, -0.05) is 6.92 Å². The molecule has 0 spiro atoms.